The SMILES string of the molecule is CCc1c[c-]cnc1.Nc1cncc(N2CCOCC2)c1.[Y]. The van der Waals surface area contributed by atoms with Gasteiger partial charge in [0.2, 0.25) is 0 Å². The van der Waals surface area contributed by atoms with E-state index in [4.69, 9.17) is 10.5 Å². The maximum Gasteiger partial charge on any atom is 0.0642 e. The fourth-order valence-electron chi connectivity index (χ4n) is 1.99. The number of morpholine rings is 1. The van der Waals surface area contributed by atoms with E-state index in [-0.39, 0.29) is 32.7 Å². The first-order chi connectivity index (χ1) is 10.3. The van der Waals surface area contributed by atoms with Crippen molar-refractivity contribution in [3.05, 3.63) is 48.5 Å². The average molecular weight is 374 g/mol. The van der Waals surface area contributed by atoms with Gasteiger partial charge in [-0.1, -0.05) is 25.7 Å². The monoisotopic (exact) mass is 374 g/mol. The summed E-state index contributed by atoms with van der Waals surface area (Å²) in [5.41, 5.74) is 8.69. The van der Waals surface area contributed by atoms with Gasteiger partial charge in [-0.25, -0.2) is 12.1 Å². The Labute approximate surface area is 157 Å². The molecule has 2 aromatic rings. The maximum atomic E-state index is 5.64. The molecule has 0 unspecified atom stereocenters. The molecule has 3 heterocycles. The predicted octanol–water partition coefficient (Wildman–Crippen LogP) is 1.94. The van der Waals surface area contributed by atoms with E-state index < -0.39 is 0 Å². The van der Waals surface area contributed by atoms with Gasteiger partial charge in [-0.3, -0.25) is 4.98 Å². The van der Waals surface area contributed by atoms with Gasteiger partial charge in [0.15, 0.2) is 0 Å². The predicted molar refractivity (Wildman–Crippen MR) is 84.1 cm³/mol. The number of aromatic nitrogens is 2. The Morgan fingerprint density at radius 1 is 1.23 bits per heavy atom. The number of nitrogen functional groups attached to an aromatic ring is 1. The van der Waals surface area contributed by atoms with Crippen LogP contribution >= 0.6 is 0 Å². The van der Waals surface area contributed by atoms with E-state index in [1.54, 1.807) is 12.4 Å². The zero-order chi connectivity index (χ0) is 14.9. The van der Waals surface area contributed by atoms with Gasteiger partial charge in [-0.15, -0.1) is 0 Å². The molecule has 0 atom stereocenters. The van der Waals surface area contributed by atoms with Crippen molar-refractivity contribution in [3.8, 4) is 0 Å². The van der Waals surface area contributed by atoms with Crippen molar-refractivity contribution < 1.29 is 37.4 Å². The molecule has 0 aromatic carbocycles. The van der Waals surface area contributed by atoms with Crippen molar-refractivity contribution in [1.29, 1.82) is 0 Å². The largest absolute Gasteiger partial charge is 0.397 e. The Morgan fingerprint density at radius 2 is 2.00 bits per heavy atom. The molecule has 1 fully saturated rings. The van der Waals surface area contributed by atoms with E-state index in [0.29, 0.717) is 5.69 Å². The molecule has 0 bridgehead atoms. The van der Waals surface area contributed by atoms with Crippen LogP contribution in [0.2, 0.25) is 0 Å². The van der Waals surface area contributed by atoms with Crippen LogP contribution in [-0.2, 0) is 43.9 Å². The normalized spacial score (nSPS) is 13.6. The molecule has 1 aliphatic heterocycles. The molecule has 115 valence electrons. The molecule has 0 saturated carbocycles. The van der Waals surface area contributed by atoms with Gasteiger partial charge in [0, 0.05) is 52.0 Å². The number of pyridine rings is 2. The van der Waals surface area contributed by atoms with Gasteiger partial charge in [-0.2, -0.15) is 5.56 Å². The molecular formula is C16H21N4OY-. The number of hydrogen-bond donors (Lipinski definition) is 1. The zero-order valence-electron chi connectivity index (χ0n) is 12.9. The van der Waals surface area contributed by atoms with Crippen molar-refractivity contribution in [1.82, 2.24) is 9.97 Å². The number of nitrogens with zero attached hydrogens (tertiary/aromatic N) is 3. The molecule has 6 heteroatoms. The molecule has 0 spiro atoms. The second kappa shape index (κ2) is 10.7. The van der Waals surface area contributed by atoms with E-state index in [2.05, 4.69) is 27.9 Å². The van der Waals surface area contributed by atoms with Gasteiger partial charge in [0.25, 0.3) is 0 Å². The fourth-order valence-corrected chi connectivity index (χ4v) is 1.99. The number of ether oxygens (including phenoxy) is 1. The fraction of sp³-hybridized carbons (Fsp3) is 0.375. The standard InChI is InChI=1S/C9H13N3O.C7H8N.Y/c10-8-5-9(7-11-6-8)12-1-3-13-4-2-12;1-2-7-4-3-5-8-6-7;/h5-7H,1-4,10H2;4-6H,2H2,1H3;/q;-1;. The van der Waals surface area contributed by atoms with Crippen molar-refractivity contribution >= 4 is 11.4 Å². The Kier molecular flexibility index (Phi) is 9.20. The van der Waals surface area contributed by atoms with Crippen LogP contribution in [0.15, 0.2) is 36.9 Å². The molecule has 0 aliphatic carbocycles. The summed E-state index contributed by atoms with van der Waals surface area (Å²) in [5.74, 6) is 0. The molecule has 1 radical (unpaired) electrons. The van der Waals surface area contributed by atoms with Crippen LogP contribution in [0.25, 0.3) is 0 Å². The number of nitrogens with two attached hydrogens (primary N) is 1. The third-order valence-corrected chi connectivity index (χ3v) is 3.19. The zero-order valence-corrected chi connectivity index (χ0v) is 15.7. The Balaban J connectivity index is 0.000000234. The van der Waals surface area contributed by atoms with Crippen molar-refractivity contribution in [3.63, 3.8) is 0 Å². The molecule has 5 nitrogen and oxygen atoms in total. The third-order valence-electron chi connectivity index (χ3n) is 3.19. The number of hydrogen-bond acceptors (Lipinski definition) is 5. The summed E-state index contributed by atoms with van der Waals surface area (Å²) in [7, 11) is 0. The summed E-state index contributed by atoms with van der Waals surface area (Å²) in [6.07, 6.45) is 8.06. The maximum absolute atomic E-state index is 5.64. The summed E-state index contributed by atoms with van der Waals surface area (Å²) in [6.45, 7) is 5.52. The minimum Gasteiger partial charge on any atom is -0.397 e. The number of aryl methyl sites for hydroxylation is 1. The third kappa shape index (κ3) is 6.38. The van der Waals surface area contributed by atoms with Crippen molar-refractivity contribution in [2.45, 2.75) is 13.3 Å². The molecule has 2 aromatic heterocycles. The van der Waals surface area contributed by atoms with Gasteiger partial charge < -0.3 is 20.4 Å². The Bertz CT molecular complexity index is 533. The quantitative estimate of drug-likeness (QED) is 0.814. The average Bonchev–Trinajstić information content (AvgIpc) is 2.57. The summed E-state index contributed by atoms with van der Waals surface area (Å²) in [5, 5.41) is 0. The molecule has 2 N–H and O–H groups in total. The van der Waals surface area contributed by atoms with Crippen LogP contribution in [0.1, 0.15) is 12.5 Å². The first-order valence-electron chi connectivity index (χ1n) is 7.12. The first-order valence-corrected chi connectivity index (χ1v) is 7.12. The smallest absolute Gasteiger partial charge is 0.0642 e. The molecule has 0 amide bonds. The first kappa shape index (κ1) is 19.0. The van der Waals surface area contributed by atoms with E-state index in [9.17, 15) is 0 Å². The van der Waals surface area contributed by atoms with Crippen LogP contribution in [0.4, 0.5) is 11.4 Å². The molecule has 1 saturated heterocycles. The molecule has 1 aliphatic rings. The van der Waals surface area contributed by atoms with E-state index >= 15 is 0 Å². The summed E-state index contributed by atoms with van der Waals surface area (Å²) >= 11 is 0. The van der Waals surface area contributed by atoms with Crippen molar-refractivity contribution in [2.24, 2.45) is 0 Å². The molecule has 22 heavy (non-hydrogen) atoms. The minimum absolute atomic E-state index is 0. The summed E-state index contributed by atoms with van der Waals surface area (Å²) in [6, 6.07) is 6.79. The second-order valence-corrected chi connectivity index (χ2v) is 4.72. The van der Waals surface area contributed by atoms with Crippen LogP contribution in [0.5, 0.6) is 0 Å². The van der Waals surface area contributed by atoms with E-state index in [1.165, 1.54) is 5.56 Å². The van der Waals surface area contributed by atoms with Gasteiger partial charge in [0.1, 0.15) is 0 Å². The number of rotatable bonds is 2. The Hall–Kier alpha value is -1.04. The van der Waals surface area contributed by atoms with Crippen molar-refractivity contribution in [2.75, 3.05) is 36.9 Å². The van der Waals surface area contributed by atoms with Gasteiger partial charge >= 0.3 is 0 Å². The van der Waals surface area contributed by atoms with E-state index in [0.717, 1.165) is 38.4 Å². The van der Waals surface area contributed by atoms with Crippen LogP contribution in [0, 0.1) is 6.07 Å². The second-order valence-electron chi connectivity index (χ2n) is 4.72. The van der Waals surface area contributed by atoms with E-state index in [1.807, 2.05) is 24.5 Å². The topological polar surface area (TPSA) is 64.3 Å². The van der Waals surface area contributed by atoms with Crippen LogP contribution in [-0.4, -0.2) is 36.3 Å². The molecular weight excluding hydrogens is 353 g/mol. The summed E-state index contributed by atoms with van der Waals surface area (Å²) in [4.78, 5) is 10.2. The van der Waals surface area contributed by atoms with Crippen LogP contribution in [0.3, 0.4) is 0 Å². The Morgan fingerprint density at radius 3 is 2.55 bits per heavy atom. The van der Waals surface area contributed by atoms with Gasteiger partial charge in [-0.05, 0) is 6.07 Å². The number of anilines is 2. The molecule has 3 rings (SSSR count). The van der Waals surface area contributed by atoms with Crippen LogP contribution < -0.4 is 10.6 Å². The van der Waals surface area contributed by atoms with Gasteiger partial charge in [0.05, 0.1) is 30.8 Å². The minimum atomic E-state index is 0. The summed E-state index contributed by atoms with van der Waals surface area (Å²) < 4.78 is 5.26.